The van der Waals surface area contributed by atoms with Crippen LogP contribution in [0.3, 0.4) is 0 Å². The van der Waals surface area contributed by atoms with Gasteiger partial charge < -0.3 is 4.98 Å². The van der Waals surface area contributed by atoms with E-state index in [2.05, 4.69) is 15.0 Å². The fourth-order valence-electron chi connectivity index (χ4n) is 2.11. The Kier molecular flexibility index (Phi) is 5.07. The topological polar surface area (TPSA) is 92.8 Å². The van der Waals surface area contributed by atoms with E-state index in [1.165, 1.54) is 6.07 Å². The summed E-state index contributed by atoms with van der Waals surface area (Å²) in [6.45, 7) is 2.05. The van der Waals surface area contributed by atoms with Crippen molar-refractivity contribution in [2.75, 3.05) is 6.26 Å². The van der Waals surface area contributed by atoms with E-state index < -0.39 is 9.84 Å². The zero-order chi connectivity index (χ0) is 16.2. The molecule has 0 radical (unpaired) electrons. The summed E-state index contributed by atoms with van der Waals surface area (Å²) < 4.78 is 23.9. The average Bonchev–Trinajstić information content (AvgIpc) is 2.47. The zero-order valence-electron chi connectivity index (χ0n) is 12.7. The number of rotatable bonds is 6. The van der Waals surface area contributed by atoms with Crippen LogP contribution in [0.1, 0.15) is 36.7 Å². The number of hydrogen-bond acceptors (Lipinski definition) is 5. The molecule has 0 fully saturated rings. The number of aromatic nitrogens is 3. The summed E-state index contributed by atoms with van der Waals surface area (Å²) in [6, 6.07) is 3.09. The standard InChI is InChI=1S/C15H19N3O3S/c1-3-4-5-12-10-16-13(18-15(12)22(2,20)21)8-11-6-7-14(19)17-9-11/h6-7,9-10H,3-5,8H2,1-2H3,(H,17,19). The predicted octanol–water partition coefficient (Wildman–Crippen LogP) is 1.50. The Bertz CT molecular complexity index is 793. The third-order valence-corrected chi connectivity index (χ3v) is 4.29. The minimum absolute atomic E-state index is 0.107. The smallest absolute Gasteiger partial charge is 0.247 e. The van der Waals surface area contributed by atoms with Crippen LogP contribution in [-0.4, -0.2) is 29.6 Å². The van der Waals surface area contributed by atoms with Gasteiger partial charge in [-0.3, -0.25) is 4.79 Å². The van der Waals surface area contributed by atoms with Gasteiger partial charge in [0.2, 0.25) is 5.56 Å². The predicted molar refractivity (Wildman–Crippen MR) is 83.6 cm³/mol. The number of pyridine rings is 1. The highest BCUT2D eigenvalue weighted by atomic mass is 32.2. The van der Waals surface area contributed by atoms with Crippen LogP contribution in [0.2, 0.25) is 0 Å². The first kappa shape index (κ1) is 16.4. The van der Waals surface area contributed by atoms with E-state index in [1.54, 1.807) is 18.5 Å². The molecule has 0 aliphatic heterocycles. The van der Waals surface area contributed by atoms with Gasteiger partial charge in [-0.2, -0.15) is 0 Å². The summed E-state index contributed by atoms with van der Waals surface area (Å²) in [5, 5.41) is 0.107. The van der Waals surface area contributed by atoms with Crippen molar-refractivity contribution < 1.29 is 8.42 Å². The van der Waals surface area contributed by atoms with Crippen molar-refractivity contribution in [1.82, 2.24) is 15.0 Å². The SMILES string of the molecule is CCCCc1cnc(Cc2ccc(=O)[nH]c2)nc1S(C)(=O)=O. The molecule has 0 aliphatic carbocycles. The van der Waals surface area contributed by atoms with Crippen LogP contribution in [0, 0.1) is 0 Å². The number of nitrogens with one attached hydrogen (secondary N) is 1. The number of nitrogens with zero attached hydrogens (tertiary/aromatic N) is 2. The maximum Gasteiger partial charge on any atom is 0.247 e. The number of unbranched alkanes of at least 4 members (excludes halogenated alkanes) is 1. The normalized spacial score (nSPS) is 11.5. The molecule has 0 unspecified atom stereocenters. The molecular formula is C15H19N3O3S. The molecular weight excluding hydrogens is 302 g/mol. The van der Waals surface area contributed by atoms with Crippen molar-refractivity contribution in [2.24, 2.45) is 0 Å². The first-order chi connectivity index (χ1) is 10.4. The fourth-order valence-corrected chi connectivity index (χ4v) is 3.01. The molecule has 2 heterocycles. The lowest BCUT2D eigenvalue weighted by Gasteiger charge is -2.08. The molecule has 0 saturated carbocycles. The molecule has 0 atom stereocenters. The third kappa shape index (κ3) is 4.24. The molecule has 0 bridgehead atoms. The molecule has 0 saturated heterocycles. The summed E-state index contributed by atoms with van der Waals surface area (Å²) >= 11 is 0. The molecule has 2 aromatic heterocycles. The molecule has 6 nitrogen and oxygen atoms in total. The highest BCUT2D eigenvalue weighted by Gasteiger charge is 2.17. The quantitative estimate of drug-likeness (QED) is 0.814. The van der Waals surface area contributed by atoms with Gasteiger partial charge in [-0.25, -0.2) is 18.4 Å². The summed E-state index contributed by atoms with van der Waals surface area (Å²) in [4.78, 5) is 22.1. The van der Waals surface area contributed by atoms with Gasteiger partial charge in [0.05, 0.1) is 0 Å². The monoisotopic (exact) mass is 321 g/mol. The highest BCUT2D eigenvalue weighted by molar-refractivity contribution is 7.90. The Morgan fingerprint density at radius 1 is 1.27 bits per heavy atom. The maximum atomic E-state index is 11.9. The van der Waals surface area contributed by atoms with Crippen LogP contribution in [0.15, 0.2) is 34.3 Å². The maximum absolute atomic E-state index is 11.9. The fraction of sp³-hybridized carbons (Fsp3) is 0.400. The van der Waals surface area contributed by atoms with E-state index in [1.807, 2.05) is 6.92 Å². The lowest BCUT2D eigenvalue weighted by atomic mass is 10.1. The number of H-pyrrole nitrogens is 1. The molecule has 0 spiro atoms. The van der Waals surface area contributed by atoms with Gasteiger partial charge in [0.15, 0.2) is 14.9 Å². The molecule has 22 heavy (non-hydrogen) atoms. The lowest BCUT2D eigenvalue weighted by Crippen LogP contribution is -2.11. The highest BCUT2D eigenvalue weighted by Crippen LogP contribution is 2.16. The lowest BCUT2D eigenvalue weighted by molar-refractivity contribution is 0.593. The van der Waals surface area contributed by atoms with Gasteiger partial charge in [0.25, 0.3) is 0 Å². The van der Waals surface area contributed by atoms with Crippen LogP contribution < -0.4 is 5.56 Å². The molecule has 7 heteroatoms. The van der Waals surface area contributed by atoms with E-state index in [0.717, 1.165) is 24.7 Å². The van der Waals surface area contributed by atoms with E-state index in [4.69, 9.17) is 0 Å². The van der Waals surface area contributed by atoms with E-state index in [-0.39, 0.29) is 10.6 Å². The molecule has 118 valence electrons. The second-order valence-electron chi connectivity index (χ2n) is 5.23. The van der Waals surface area contributed by atoms with Crippen molar-refractivity contribution in [1.29, 1.82) is 0 Å². The summed E-state index contributed by atoms with van der Waals surface area (Å²) in [7, 11) is -3.39. The minimum atomic E-state index is -3.39. The molecule has 0 aromatic carbocycles. The van der Waals surface area contributed by atoms with Crippen LogP contribution in [0.25, 0.3) is 0 Å². The molecule has 2 rings (SSSR count). The van der Waals surface area contributed by atoms with Crippen molar-refractivity contribution in [3.05, 3.63) is 51.8 Å². The Morgan fingerprint density at radius 3 is 2.64 bits per heavy atom. The summed E-state index contributed by atoms with van der Waals surface area (Å²) in [5.74, 6) is 0.424. The minimum Gasteiger partial charge on any atom is -0.329 e. The molecule has 2 aromatic rings. The van der Waals surface area contributed by atoms with Gasteiger partial charge >= 0.3 is 0 Å². The van der Waals surface area contributed by atoms with Gasteiger partial charge in [-0.05, 0) is 18.4 Å². The number of aromatic amines is 1. The van der Waals surface area contributed by atoms with Crippen LogP contribution in [0.4, 0.5) is 0 Å². The third-order valence-electron chi connectivity index (χ3n) is 3.24. The zero-order valence-corrected chi connectivity index (χ0v) is 13.5. The average molecular weight is 321 g/mol. The first-order valence-electron chi connectivity index (χ1n) is 7.12. The Balaban J connectivity index is 2.33. The number of sulfone groups is 1. The van der Waals surface area contributed by atoms with E-state index in [9.17, 15) is 13.2 Å². The van der Waals surface area contributed by atoms with Crippen molar-refractivity contribution in [3.63, 3.8) is 0 Å². The van der Waals surface area contributed by atoms with E-state index >= 15 is 0 Å². The molecule has 0 aliphatic rings. The summed E-state index contributed by atoms with van der Waals surface area (Å²) in [6.07, 6.45) is 7.23. The van der Waals surface area contributed by atoms with Gasteiger partial charge in [-0.15, -0.1) is 0 Å². The van der Waals surface area contributed by atoms with Crippen molar-refractivity contribution >= 4 is 9.84 Å². The van der Waals surface area contributed by atoms with Crippen LogP contribution in [0.5, 0.6) is 0 Å². The number of aryl methyl sites for hydroxylation is 1. The Morgan fingerprint density at radius 2 is 2.05 bits per heavy atom. The van der Waals surface area contributed by atoms with Crippen LogP contribution >= 0.6 is 0 Å². The summed E-state index contributed by atoms with van der Waals surface area (Å²) in [5.41, 5.74) is 1.30. The van der Waals surface area contributed by atoms with Crippen molar-refractivity contribution in [2.45, 2.75) is 37.6 Å². The van der Waals surface area contributed by atoms with Crippen molar-refractivity contribution in [3.8, 4) is 0 Å². The van der Waals surface area contributed by atoms with Gasteiger partial charge in [-0.1, -0.05) is 19.4 Å². The van der Waals surface area contributed by atoms with Gasteiger partial charge in [0.1, 0.15) is 5.82 Å². The van der Waals surface area contributed by atoms with Gasteiger partial charge in [0, 0.05) is 36.7 Å². The van der Waals surface area contributed by atoms with Crippen LogP contribution in [-0.2, 0) is 22.7 Å². The molecule has 1 N–H and O–H groups in total. The molecule has 0 amide bonds. The largest absolute Gasteiger partial charge is 0.329 e. The second-order valence-corrected chi connectivity index (χ2v) is 7.16. The second kappa shape index (κ2) is 6.83. The Hall–Kier alpha value is -2.02. The first-order valence-corrected chi connectivity index (χ1v) is 9.01. The Labute approximate surface area is 129 Å². The number of hydrogen-bond donors (Lipinski definition) is 1. The van der Waals surface area contributed by atoms with E-state index in [0.29, 0.717) is 24.2 Å².